The van der Waals surface area contributed by atoms with Gasteiger partial charge in [-0.05, 0) is 12.1 Å². The van der Waals surface area contributed by atoms with E-state index >= 15 is 0 Å². The van der Waals surface area contributed by atoms with Gasteiger partial charge in [0.05, 0.1) is 11.5 Å². The molecule has 0 saturated carbocycles. The van der Waals surface area contributed by atoms with Crippen LogP contribution in [0.25, 0.3) is 0 Å². The second-order valence-corrected chi connectivity index (χ2v) is 7.19. The molecule has 1 rings (SSSR count). The molecule has 0 N–H and O–H groups in total. The molecule has 0 radical (unpaired) electrons. The van der Waals surface area contributed by atoms with E-state index in [-0.39, 0.29) is 31.0 Å². The Morgan fingerprint density at radius 2 is 1.06 bits per heavy atom. The predicted molar refractivity (Wildman–Crippen MR) is 71.2 cm³/mol. The fraction of sp³-hybridized carbons (Fsp3) is 0.538. The third kappa shape index (κ3) is 5.09. The van der Waals surface area contributed by atoms with Crippen LogP contribution in [0.4, 0.5) is 57.1 Å². The summed E-state index contributed by atoms with van der Waals surface area (Å²) in [7, 11) is -5.71. The van der Waals surface area contributed by atoms with E-state index in [1.165, 1.54) is 0 Å². The molecule has 0 aromatic heterocycles. The van der Waals surface area contributed by atoms with Gasteiger partial charge >= 0.3 is 59.9 Å². The Labute approximate surface area is 188 Å². The van der Waals surface area contributed by atoms with E-state index in [4.69, 9.17) is 0 Å². The Balaban J connectivity index is 0. The van der Waals surface area contributed by atoms with Crippen molar-refractivity contribution in [3.05, 3.63) is 30.3 Å². The number of alkyl halides is 13. The van der Waals surface area contributed by atoms with E-state index in [0.717, 1.165) is 18.2 Å². The standard InChI is InChI=1S/C13H7F13O3S.Na.H/c14-9(15,10(16,17)13(24,25)26)8(11(18,19)20,12(21,22)23)6-29-30(27,28)7-4-2-1-3-5-7;;/h1-5H,6H2;;/q;+1;-1. The average molecular weight is 514 g/mol. The van der Waals surface area contributed by atoms with E-state index in [0.29, 0.717) is 12.1 Å². The van der Waals surface area contributed by atoms with Gasteiger partial charge in [-0.25, -0.2) is 0 Å². The summed E-state index contributed by atoms with van der Waals surface area (Å²) in [5.41, 5.74) is -7.26. The Morgan fingerprint density at radius 1 is 0.677 bits per heavy atom. The Kier molecular flexibility index (Phi) is 8.65. The van der Waals surface area contributed by atoms with Crippen molar-refractivity contribution in [2.75, 3.05) is 6.61 Å². The van der Waals surface area contributed by atoms with Gasteiger partial charge in [-0.15, -0.1) is 0 Å². The van der Waals surface area contributed by atoms with Crippen LogP contribution in [0.2, 0.25) is 0 Å². The minimum absolute atomic E-state index is 0. The molecule has 3 nitrogen and oxygen atoms in total. The molecular weight excluding hydrogens is 506 g/mol. The van der Waals surface area contributed by atoms with Gasteiger partial charge in [0, 0.05) is 0 Å². The largest absolute Gasteiger partial charge is 1.00 e. The maximum Gasteiger partial charge on any atom is 1.00 e. The predicted octanol–water partition coefficient (Wildman–Crippen LogP) is 2.45. The summed E-state index contributed by atoms with van der Waals surface area (Å²) in [5, 5.41) is 0. The Bertz CT molecular complexity index is 837. The van der Waals surface area contributed by atoms with Crippen molar-refractivity contribution in [2.24, 2.45) is 5.41 Å². The van der Waals surface area contributed by atoms with Crippen LogP contribution in [0.15, 0.2) is 35.2 Å². The second-order valence-electron chi connectivity index (χ2n) is 5.58. The van der Waals surface area contributed by atoms with Gasteiger partial charge in [-0.2, -0.15) is 65.5 Å². The molecule has 31 heavy (non-hydrogen) atoms. The van der Waals surface area contributed by atoms with Crippen LogP contribution >= 0.6 is 0 Å². The van der Waals surface area contributed by atoms with E-state index < -0.39 is 57.4 Å². The summed E-state index contributed by atoms with van der Waals surface area (Å²) in [6, 6.07) is 3.86. The van der Waals surface area contributed by atoms with Gasteiger partial charge in [-0.3, -0.25) is 4.18 Å². The van der Waals surface area contributed by atoms with Gasteiger partial charge in [-0.1, -0.05) is 18.2 Å². The van der Waals surface area contributed by atoms with Gasteiger partial charge in [0.2, 0.25) is 0 Å². The first-order chi connectivity index (χ1) is 13.1. The molecule has 0 bridgehead atoms. The summed E-state index contributed by atoms with van der Waals surface area (Å²) in [4.78, 5) is -1.19. The summed E-state index contributed by atoms with van der Waals surface area (Å²) in [6.07, 6.45) is -22.7. The van der Waals surface area contributed by atoms with E-state index in [1.807, 2.05) is 0 Å². The zero-order chi connectivity index (χ0) is 24.0. The third-order valence-corrected chi connectivity index (χ3v) is 4.99. The van der Waals surface area contributed by atoms with Gasteiger partial charge < -0.3 is 1.43 Å². The molecule has 1 aromatic carbocycles. The Morgan fingerprint density at radius 3 is 1.39 bits per heavy atom. The van der Waals surface area contributed by atoms with E-state index in [1.54, 1.807) is 0 Å². The molecule has 0 aliphatic carbocycles. The molecule has 0 atom stereocenters. The molecule has 0 spiro atoms. The van der Waals surface area contributed by atoms with Crippen LogP contribution in [0.5, 0.6) is 0 Å². The summed E-state index contributed by atoms with van der Waals surface area (Å²) in [6.45, 7) is -3.85. The number of halogens is 13. The molecule has 18 heteroatoms. The molecule has 1 aromatic rings. The monoisotopic (exact) mass is 514 g/mol. The number of benzene rings is 1. The first-order valence-corrected chi connectivity index (χ1v) is 8.37. The minimum atomic E-state index is -7.97. The van der Waals surface area contributed by atoms with Crippen molar-refractivity contribution in [2.45, 2.75) is 35.3 Å². The molecule has 0 aliphatic heterocycles. The third-order valence-electron chi connectivity index (χ3n) is 3.72. The van der Waals surface area contributed by atoms with Gasteiger partial charge in [0.15, 0.2) is 0 Å². The molecule has 0 saturated heterocycles. The van der Waals surface area contributed by atoms with Crippen LogP contribution in [-0.4, -0.2) is 45.4 Å². The summed E-state index contributed by atoms with van der Waals surface area (Å²) in [5.74, 6) is -15.9. The van der Waals surface area contributed by atoms with E-state index in [2.05, 4.69) is 4.18 Å². The number of hydrogen-bond donors (Lipinski definition) is 0. The van der Waals surface area contributed by atoms with Crippen molar-refractivity contribution in [1.82, 2.24) is 0 Å². The topological polar surface area (TPSA) is 43.4 Å². The molecule has 0 unspecified atom stereocenters. The Hall–Kier alpha value is -0.780. The van der Waals surface area contributed by atoms with Crippen molar-refractivity contribution in [3.63, 3.8) is 0 Å². The van der Waals surface area contributed by atoms with E-state index in [9.17, 15) is 65.5 Å². The number of rotatable bonds is 6. The molecule has 0 fully saturated rings. The quantitative estimate of drug-likeness (QED) is 0.333. The fourth-order valence-electron chi connectivity index (χ4n) is 2.04. The molecular formula is C13H8F13NaO3S. The van der Waals surface area contributed by atoms with Crippen LogP contribution in [-0.2, 0) is 14.3 Å². The van der Waals surface area contributed by atoms with Crippen molar-refractivity contribution >= 4 is 10.1 Å². The molecule has 176 valence electrons. The summed E-state index contributed by atoms with van der Waals surface area (Å²) < 4.78 is 196. The summed E-state index contributed by atoms with van der Waals surface area (Å²) >= 11 is 0. The minimum Gasteiger partial charge on any atom is -1.00 e. The average Bonchev–Trinajstić information content (AvgIpc) is 2.51. The van der Waals surface area contributed by atoms with Crippen LogP contribution < -0.4 is 29.6 Å². The molecule has 0 amide bonds. The zero-order valence-corrected chi connectivity index (χ0v) is 17.5. The number of hydrogen-bond acceptors (Lipinski definition) is 3. The fourth-order valence-corrected chi connectivity index (χ4v) is 3.00. The van der Waals surface area contributed by atoms with Gasteiger partial charge in [0.1, 0.15) is 0 Å². The normalized spacial score (nSPS) is 14.9. The van der Waals surface area contributed by atoms with Crippen molar-refractivity contribution < 1.29 is 101 Å². The van der Waals surface area contributed by atoms with Crippen LogP contribution in [0.1, 0.15) is 1.43 Å². The van der Waals surface area contributed by atoms with Crippen molar-refractivity contribution in [1.29, 1.82) is 0 Å². The SMILES string of the molecule is O=S(=O)(OCC(C(F)(F)F)(C(F)(F)F)C(F)(F)C(F)(F)C(F)(F)F)c1ccccc1.[H-].[Na+]. The first-order valence-electron chi connectivity index (χ1n) is 6.96. The maximum absolute atomic E-state index is 13.8. The zero-order valence-electron chi connectivity index (χ0n) is 15.6. The smallest absolute Gasteiger partial charge is 1.00 e. The molecule has 0 heterocycles. The molecule has 0 aliphatic rings. The van der Waals surface area contributed by atoms with Crippen LogP contribution in [0.3, 0.4) is 0 Å². The first kappa shape index (κ1) is 30.2. The van der Waals surface area contributed by atoms with Gasteiger partial charge in [0.25, 0.3) is 15.5 Å². The maximum atomic E-state index is 13.8. The van der Waals surface area contributed by atoms with Crippen molar-refractivity contribution in [3.8, 4) is 0 Å². The second kappa shape index (κ2) is 8.87. The van der Waals surface area contributed by atoms with Crippen LogP contribution in [0, 0.1) is 5.41 Å².